The molecule has 0 bridgehead atoms. The maximum Gasteiger partial charge on any atom is 0.416 e. The maximum absolute atomic E-state index is 13.1. The summed E-state index contributed by atoms with van der Waals surface area (Å²) in [5.41, 5.74) is 0.250. The minimum absolute atomic E-state index is 0.0576. The summed E-state index contributed by atoms with van der Waals surface area (Å²) in [6, 6.07) is 13.9. The van der Waals surface area contributed by atoms with Crippen LogP contribution in [0.3, 0.4) is 0 Å². The van der Waals surface area contributed by atoms with Crippen molar-refractivity contribution >= 4 is 23.4 Å². The van der Waals surface area contributed by atoms with Crippen LogP contribution in [0.5, 0.6) is 0 Å². The van der Waals surface area contributed by atoms with Crippen LogP contribution in [0.15, 0.2) is 65.3 Å². The second kappa shape index (κ2) is 5.96. The zero-order valence-electron chi connectivity index (χ0n) is 12.7. The number of alkyl halides is 3. The van der Waals surface area contributed by atoms with E-state index in [2.05, 4.69) is 5.10 Å². The van der Waals surface area contributed by atoms with Crippen LogP contribution in [0.25, 0.3) is 6.08 Å². The third-order valence-electron chi connectivity index (χ3n) is 3.63. The lowest BCUT2D eigenvalue weighted by atomic mass is 10.0. The molecular formula is C18H13F3N2O. The Morgan fingerprint density at radius 1 is 1.00 bits per heavy atom. The Kier molecular flexibility index (Phi) is 3.97. The Morgan fingerprint density at radius 2 is 1.62 bits per heavy atom. The van der Waals surface area contributed by atoms with Crippen molar-refractivity contribution < 1.29 is 18.0 Å². The predicted octanol–water partition coefficient (Wildman–Crippen LogP) is 4.51. The van der Waals surface area contributed by atoms with Crippen LogP contribution in [-0.2, 0) is 11.0 Å². The van der Waals surface area contributed by atoms with Crippen molar-refractivity contribution in [1.82, 2.24) is 0 Å². The lowest BCUT2D eigenvalue weighted by molar-refractivity contribution is -0.137. The molecule has 3 nitrogen and oxygen atoms in total. The molecule has 0 saturated heterocycles. The number of amides is 1. The van der Waals surface area contributed by atoms with Gasteiger partial charge in [-0.3, -0.25) is 4.79 Å². The highest BCUT2D eigenvalue weighted by atomic mass is 19.4. The van der Waals surface area contributed by atoms with Crippen LogP contribution < -0.4 is 5.01 Å². The molecule has 0 unspecified atom stereocenters. The summed E-state index contributed by atoms with van der Waals surface area (Å²) in [5, 5.41) is 5.35. The van der Waals surface area contributed by atoms with Gasteiger partial charge in [0, 0.05) is 0 Å². The van der Waals surface area contributed by atoms with Gasteiger partial charge in [0.05, 0.1) is 22.5 Å². The van der Waals surface area contributed by atoms with Crippen molar-refractivity contribution in [2.24, 2.45) is 5.10 Å². The summed E-state index contributed by atoms with van der Waals surface area (Å²) in [4.78, 5) is 12.5. The van der Waals surface area contributed by atoms with Crippen LogP contribution in [0.4, 0.5) is 18.9 Å². The average Bonchev–Trinajstić information content (AvgIpc) is 2.83. The molecule has 1 aliphatic heterocycles. The van der Waals surface area contributed by atoms with Gasteiger partial charge in [-0.25, -0.2) is 0 Å². The van der Waals surface area contributed by atoms with Crippen molar-refractivity contribution in [2.75, 3.05) is 5.01 Å². The summed E-state index contributed by atoms with van der Waals surface area (Å²) >= 11 is 0. The fraction of sp³-hybridized carbons (Fsp3) is 0.111. The molecule has 0 radical (unpaired) electrons. The standard InChI is InChI=1S/C18H13F3N2O/c1-12-15(11-13-7-5-6-10-16(13)18(19,20)21)17(24)23(22-12)14-8-3-2-4-9-14/h2-11H,1H3/b15-11-. The molecule has 24 heavy (non-hydrogen) atoms. The van der Waals surface area contributed by atoms with Crippen molar-refractivity contribution in [3.63, 3.8) is 0 Å². The molecule has 0 fully saturated rings. The zero-order valence-corrected chi connectivity index (χ0v) is 12.7. The Balaban J connectivity index is 2.02. The number of halogens is 3. The van der Waals surface area contributed by atoms with E-state index in [1.807, 2.05) is 0 Å². The number of hydrazone groups is 1. The minimum Gasteiger partial charge on any atom is -0.267 e. The number of benzene rings is 2. The number of nitrogens with zero attached hydrogens (tertiary/aromatic N) is 2. The van der Waals surface area contributed by atoms with Gasteiger partial charge in [-0.2, -0.15) is 23.3 Å². The summed E-state index contributed by atoms with van der Waals surface area (Å²) in [6.45, 7) is 1.60. The molecule has 6 heteroatoms. The summed E-state index contributed by atoms with van der Waals surface area (Å²) < 4.78 is 39.3. The predicted molar refractivity (Wildman–Crippen MR) is 86.5 cm³/mol. The smallest absolute Gasteiger partial charge is 0.267 e. The van der Waals surface area contributed by atoms with Crippen LogP contribution in [0, 0.1) is 0 Å². The number of anilines is 1. The highest BCUT2D eigenvalue weighted by molar-refractivity contribution is 6.32. The van der Waals surface area contributed by atoms with E-state index in [1.165, 1.54) is 29.3 Å². The van der Waals surface area contributed by atoms with Gasteiger partial charge in [-0.15, -0.1) is 0 Å². The third-order valence-corrected chi connectivity index (χ3v) is 3.63. The molecule has 3 rings (SSSR count). The number of rotatable bonds is 2. The van der Waals surface area contributed by atoms with Gasteiger partial charge in [0.15, 0.2) is 0 Å². The normalized spacial score (nSPS) is 16.7. The topological polar surface area (TPSA) is 32.7 Å². The van der Waals surface area contributed by atoms with Crippen LogP contribution in [0.2, 0.25) is 0 Å². The largest absolute Gasteiger partial charge is 0.416 e. The molecule has 1 heterocycles. The van der Waals surface area contributed by atoms with Crippen molar-refractivity contribution in [3.8, 4) is 0 Å². The number of hydrogen-bond donors (Lipinski definition) is 0. The fourth-order valence-corrected chi connectivity index (χ4v) is 2.47. The maximum atomic E-state index is 13.1. The molecule has 0 aromatic heterocycles. The molecule has 0 atom stereocenters. The van der Waals surface area contributed by atoms with Gasteiger partial charge in [0.25, 0.3) is 5.91 Å². The molecule has 1 aliphatic rings. The highest BCUT2D eigenvalue weighted by Crippen LogP contribution is 2.33. The molecule has 2 aromatic carbocycles. The average molecular weight is 330 g/mol. The Labute approximate surface area is 136 Å². The lowest BCUT2D eigenvalue weighted by Crippen LogP contribution is -2.21. The van der Waals surface area contributed by atoms with E-state index in [0.717, 1.165) is 6.07 Å². The van der Waals surface area contributed by atoms with Gasteiger partial charge in [-0.1, -0.05) is 36.4 Å². The SMILES string of the molecule is CC1=NN(c2ccccc2)C(=O)/C1=C\c1ccccc1C(F)(F)F. The van der Waals surface area contributed by atoms with E-state index < -0.39 is 17.6 Å². The number of para-hydroxylation sites is 1. The third kappa shape index (κ3) is 2.95. The number of hydrogen-bond acceptors (Lipinski definition) is 2. The second-order valence-electron chi connectivity index (χ2n) is 5.28. The van der Waals surface area contributed by atoms with Crippen molar-refractivity contribution in [3.05, 3.63) is 71.3 Å². The first kappa shape index (κ1) is 16.0. The summed E-state index contributed by atoms with van der Waals surface area (Å²) in [6.07, 6.45) is -3.24. The van der Waals surface area contributed by atoms with E-state index in [1.54, 1.807) is 37.3 Å². The first-order valence-electron chi connectivity index (χ1n) is 7.21. The molecule has 1 amide bonds. The second-order valence-corrected chi connectivity index (χ2v) is 5.28. The molecule has 0 aliphatic carbocycles. The summed E-state index contributed by atoms with van der Waals surface area (Å²) in [5.74, 6) is -0.448. The van der Waals surface area contributed by atoms with E-state index in [-0.39, 0.29) is 11.1 Å². The first-order chi connectivity index (χ1) is 11.4. The van der Waals surface area contributed by atoms with E-state index in [9.17, 15) is 18.0 Å². The first-order valence-corrected chi connectivity index (χ1v) is 7.21. The van der Waals surface area contributed by atoms with Crippen LogP contribution in [0.1, 0.15) is 18.1 Å². The van der Waals surface area contributed by atoms with Gasteiger partial charge < -0.3 is 0 Å². The van der Waals surface area contributed by atoms with Crippen molar-refractivity contribution in [1.29, 1.82) is 0 Å². The lowest BCUT2D eigenvalue weighted by Gasteiger charge is -2.12. The quantitative estimate of drug-likeness (QED) is 0.746. The summed E-state index contributed by atoms with van der Waals surface area (Å²) in [7, 11) is 0. The van der Waals surface area contributed by atoms with E-state index in [0.29, 0.717) is 11.4 Å². The fourth-order valence-electron chi connectivity index (χ4n) is 2.47. The van der Waals surface area contributed by atoms with Crippen molar-refractivity contribution in [2.45, 2.75) is 13.1 Å². The van der Waals surface area contributed by atoms with Gasteiger partial charge in [-0.05, 0) is 36.8 Å². The molecule has 0 saturated carbocycles. The molecular weight excluding hydrogens is 317 g/mol. The Hall–Kier alpha value is -2.89. The van der Waals surface area contributed by atoms with Gasteiger partial charge in [0.1, 0.15) is 0 Å². The zero-order chi connectivity index (χ0) is 17.3. The Morgan fingerprint density at radius 3 is 2.29 bits per heavy atom. The van der Waals surface area contributed by atoms with Crippen LogP contribution in [-0.4, -0.2) is 11.6 Å². The molecule has 0 N–H and O–H groups in total. The number of carbonyl (C=O) groups excluding carboxylic acids is 1. The molecule has 2 aromatic rings. The van der Waals surface area contributed by atoms with E-state index in [4.69, 9.17) is 0 Å². The minimum atomic E-state index is -4.49. The molecule has 0 spiro atoms. The number of carbonyl (C=O) groups is 1. The highest BCUT2D eigenvalue weighted by Gasteiger charge is 2.34. The Bertz CT molecular complexity index is 839. The molecule has 122 valence electrons. The van der Waals surface area contributed by atoms with E-state index >= 15 is 0 Å². The van der Waals surface area contributed by atoms with Gasteiger partial charge in [0.2, 0.25) is 0 Å². The van der Waals surface area contributed by atoms with Gasteiger partial charge >= 0.3 is 6.18 Å². The monoisotopic (exact) mass is 330 g/mol. The van der Waals surface area contributed by atoms with Crippen LogP contribution >= 0.6 is 0 Å².